The number of fused-ring (bicyclic) bond motifs is 3. The Labute approximate surface area is 143 Å². The minimum Gasteiger partial charge on any atom is -0.147 e. The van der Waals surface area contributed by atoms with Gasteiger partial charge in [-0.1, -0.05) is 47.5 Å². The van der Waals surface area contributed by atoms with Gasteiger partial charge in [-0.25, -0.2) is 0 Å². The molecule has 0 aliphatic rings. The summed E-state index contributed by atoms with van der Waals surface area (Å²) in [6.07, 6.45) is 0. The fourth-order valence-electron chi connectivity index (χ4n) is 2.33. The summed E-state index contributed by atoms with van der Waals surface area (Å²) in [5.41, 5.74) is 2.63. The third kappa shape index (κ3) is 2.34. The molecule has 0 heterocycles. The van der Waals surface area contributed by atoms with Gasteiger partial charge < -0.3 is 0 Å². The molecule has 0 saturated heterocycles. The molecule has 3 aromatic carbocycles. The van der Waals surface area contributed by atoms with E-state index < -0.39 is 0 Å². The molecule has 0 saturated carbocycles. The van der Waals surface area contributed by atoms with Crippen LogP contribution < -0.4 is 0 Å². The molecular formula is C16H13Eu-. The van der Waals surface area contributed by atoms with Gasteiger partial charge in [0, 0.05) is 49.4 Å². The van der Waals surface area contributed by atoms with Crippen molar-refractivity contribution in [1.29, 1.82) is 0 Å². The standard InChI is InChI=1S/C16H13.Eu/c1-11-6-9-15-14(10-11)8-7-13-5-3-4-12(2)16(13)15;/h3-4,6-10H,1-2H3;/q-1;. The second kappa shape index (κ2) is 5.18. The van der Waals surface area contributed by atoms with Crippen LogP contribution in [0.15, 0.2) is 42.5 Å². The summed E-state index contributed by atoms with van der Waals surface area (Å²) in [4.78, 5) is 0. The van der Waals surface area contributed by atoms with E-state index >= 15 is 0 Å². The third-order valence-corrected chi connectivity index (χ3v) is 3.14. The molecule has 0 amide bonds. The molecule has 1 radical (unpaired) electrons. The molecule has 0 aromatic heterocycles. The average molecular weight is 357 g/mol. The van der Waals surface area contributed by atoms with Crippen LogP contribution in [0.5, 0.6) is 0 Å². The largest absolute Gasteiger partial charge is 0.147 e. The Balaban J connectivity index is 0.00000108. The SMILES string of the molecule is Cc1ccc2c(ccc3[c-]ccc(C)c32)c1.[Eu]. The van der Waals surface area contributed by atoms with Crippen molar-refractivity contribution >= 4 is 21.5 Å². The summed E-state index contributed by atoms with van der Waals surface area (Å²) < 4.78 is 0. The van der Waals surface area contributed by atoms with Crippen LogP contribution in [0.3, 0.4) is 0 Å². The van der Waals surface area contributed by atoms with E-state index in [2.05, 4.69) is 56.3 Å². The normalized spacial score (nSPS) is 10.5. The van der Waals surface area contributed by atoms with Crippen LogP contribution in [0.25, 0.3) is 21.5 Å². The molecule has 0 spiro atoms. The number of benzene rings is 3. The molecule has 0 aliphatic carbocycles. The Kier molecular flexibility index (Phi) is 4.02. The van der Waals surface area contributed by atoms with Gasteiger partial charge in [-0.2, -0.15) is 0 Å². The maximum atomic E-state index is 3.30. The number of aryl methyl sites for hydroxylation is 2. The van der Waals surface area contributed by atoms with Gasteiger partial charge in [0.2, 0.25) is 0 Å². The molecule has 0 aliphatic heterocycles. The molecule has 0 unspecified atom stereocenters. The van der Waals surface area contributed by atoms with Crippen molar-refractivity contribution in [2.45, 2.75) is 13.8 Å². The van der Waals surface area contributed by atoms with Gasteiger partial charge in [0.25, 0.3) is 0 Å². The van der Waals surface area contributed by atoms with Crippen molar-refractivity contribution in [3.8, 4) is 0 Å². The second-order valence-electron chi connectivity index (χ2n) is 4.37. The minimum atomic E-state index is 0. The molecule has 1 heteroatoms. The third-order valence-electron chi connectivity index (χ3n) is 3.14. The molecular weight excluding hydrogens is 344 g/mol. The van der Waals surface area contributed by atoms with Crippen molar-refractivity contribution in [2.75, 3.05) is 0 Å². The van der Waals surface area contributed by atoms with Crippen LogP contribution in [0, 0.1) is 69.3 Å². The van der Waals surface area contributed by atoms with Gasteiger partial charge in [0.15, 0.2) is 0 Å². The van der Waals surface area contributed by atoms with E-state index in [1.807, 2.05) is 6.07 Å². The Morgan fingerprint density at radius 3 is 2.59 bits per heavy atom. The van der Waals surface area contributed by atoms with Crippen molar-refractivity contribution in [2.24, 2.45) is 0 Å². The van der Waals surface area contributed by atoms with Gasteiger partial charge in [0.1, 0.15) is 0 Å². The van der Waals surface area contributed by atoms with Gasteiger partial charge in [0.05, 0.1) is 0 Å². The van der Waals surface area contributed by atoms with Crippen LogP contribution in [-0.4, -0.2) is 0 Å². The first kappa shape index (κ1) is 13.2. The zero-order chi connectivity index (χ0) is 11.1. The van der Waals surface area contributed by atoms with Crippen LogP contribution in [-0.2, 0) is 0 Å². The van der Waals surface area contributed by atoms with Gasteiger partial charge >= 0.3 is 0 Å². The molecule has 0 atom stereocenters. The Bertz CT molecular complexity index is 683. The summed E-state index contributed by atoms with van der Waals surface area (Å²) in [5, 5.41) is 5.18. The smallest absolute Gasteiger partial charge is 0 e. The summed E-state index contributed by atoms with van der Waals surface area (Å²) >= 11 is 0. The fourth-order valence-corrected chi connectivity index (χ4v) is 2.33. The van der Waals surface area contributed by atoms with Gasteiger partial charge in [-0.3, -0.25) is 0 Å². The van der Waals surface area contributed by atoms with Crippen LogP contribution in [0.4, 0.5) is 0 Å². The maximum Gasteiger partial charge on any atom is 0 e. The molecule has 0 bridgehead atoms. The number of hydrogen-bond donors (Lipinski definition) is 0. The quantitative estimate of drug-likeness (QED) is 0.413. The predicted octanol–water partition coefficient (Wildman–Crippen LogP) is 4.41. The van der Waals surface area contributed by atoms with Crippen molar-refractivity contribution < 1.29 is 49.4 Å². The van der Waals surface area contributed by atoms with Crippen molar-refractivity contribution in [1.82, 2.24) is 0 Å². The van der Waals surface area contributed by atoms with E-state index in [4.69, 9.17) is 0 Å². The van der Waals surface area contributed by atoms with E-state index in [-0.39, 0.29) is 49.4 Å². The summed E-state index contributed by atoms with van der Waals surface area (Å²) in [7, 11) is 0. The summed E-state index contributed by atoms with van der Waals surface area (Å²) in [5.74, 6) is 0. The molecule has 85 valence electrons. The Morgan fingerprint density at radius 1 is 0.941 bits per heavy atom. The fraction of sp³-hybridized carbons (Fsp3) is 0.125. The van der Waals surface area contributed by atoms with Crippen LogP contribution in [0.1, 0.15) is 11.1 Å². The van der Waals surface area contributed by atoms with E-state index in [9.17, 15) is 0 Å². The molecule has 3 rings (SSSR count). The topological polar surface area (TPSA) is 0 Å². The zero-order valence-corrected chi connectivity index (χ0v) is 12.3. The van der Waals surface area contributed by atoms with Gasteiger partial charge in [-0.05, 0) is 12.3 Å². The van der Waals surface area contributed by atoms with E-state index in [0.717, 1.165) is 0 Å². The zero-order valence-electron chi connectivity index (χ0n) is 9.92. The molecule has 3 aromatic rings. The first-order valence-corrected chi connectivity index (χ1v) is 5.56. The summed E-state index contributed by atoms with van der Waals surface area (Å²) in [6, 6.07) is 18.4. The van der Waals surface area contributed by atoms with E-state index in [0.29, 0.717) is 0 Å². The number of rotatable bonds is 0. The summed E-state index contributed by atoms with van der Waals surface area (Å²) in [6.45, 7) is 4.29. The molecule has 0 nitrogen and oxygen atoms in total. The Hall–Kier alpha value is -0.236. The maximum absolute atomic E-state index is 3.30. The van der Waals surface area contributed by atoms with E-state index in [1.54, 1.807) is 0 Å². The first-order chi connectivity index (χ1) is 7.75. The molecule has 0 fully saturated rings. The van der Waals surface area contributed by atoms with Crippen molar-refractivity contribution in [3.63, 3.8) is 0 Å². The first-order valence-electron chi connectivity index (χ1n) is 5.56. The number of hydrogen-bond acceptors (Lipinski definition) is 0. The predicted molar refractivity (Wildman–Crippen MR) is 69.8 cm³/mol. The Morgan fingerprint density at radius 2 is 1.76 bits per heavy atom. The monoisotopic (exact) mass is 358 g/mol. The molecule has 0 N–H and O–H groups in total. The van der Waals surface area contributed by atoms with Crippen molar-refractivity contribution in [3.05, 3.63) is 59.7 Å². The average Bonchev–Trinajstić information content (AvgIpc) is 2.29. The molecule has 17 heavy (non-hydrogen) atoms. The van der Waals surface area contributed by atoms with Gasteiger partial charge in [-0.15, -0.1) is 35.2 Å². The van der Waals surface area contributed by atoms with Crippen LogP contribution >= 0.6 is 0 Å². The minimum absolute atomic E-state index is 0. The second-order valence-corrected chi connectivity index (χ2v) is 4.37. The van der Waals surface area contributed by atoms with E-state index in [1.165, 1.54) is 32.7 Å². The van der Waals surface area contributed by atoms with Crippen LogP contribution in [0.2, 0.25) is 0 Å².